The molecule has 2 rings (SSSR count). The molecule has 1 aromatic rings. The number of nitro groups is 1. The maximum atomic E-state index is 12.3. The number of halogens is 1. The Bertz CT molecular complexity index is 752. The summed E-state index contributed by atoms with van der Waals surface area (Å²) in [5, 5.41) is 13.7. The van der Waals surface area contributed by atoms with E-state index in [0.29, 0.717) is 17.5 Å². The van der Waals surface area contributed by atoms with E-state index in [1.54, 1.807) is 13.8 Å². The molecule has 1 N–H and O–H groups in total. The van der Waals surface area contributed by atoms with Crippen molar-refractivity contribution < 1.29 is 19.2 Å². The van der Waals surface area contributed by atoms with Crippen LogP contribution in [-0.4, -0.2) is 23.8 Å². The number of allylic oxidation sites excluding steroid dienone is 2. The molecule has 0 bridgehead atoms. The summed E-state index contributed by atoms with van der Waals surface area (Å²) < 4.78 is 5.07. The van der Waals surface area contributed by atoms with Crippen LogP contribution in [0.15, 0.2) is 46.3 Å². The molecule has 8 heteroatoms. The van der Waals surface area contributed by atoms with Crippen LogP contribution in [-0.2, 0) is 14.3 Å². The van der Waals surface area contributed by atoms with Crippen molar-refractivity contribution in [2.75, 3.05) is 6.61 Å². The van der Waals surface area contributed by atoms with Gasteiger partial charge in [0.25, 0.3) is 5.69 Å². The lowest BCUT2D eigenvalue weighted by Gasteiger charge is -2.28. The summed E-state index contributed by atoms with van der Waals surface area (Å²) in [5.74, 6) is -1.33. The largest absolute Gasteiger partial charge is 0.463 e. The summed E-state index contributed by atoms with van der Waals surface area (Å²) in [4.78, 5) is 34.1. The number of aldehydes is 1. The van der Waals surface area contributed by atoms with Gasteiger partial charge < -0.3 is 10.1 Å². The summed E-state index contributed by atoms with van der Waals surface area (Å²) in [6.45, 7) is 3.50. The SMILES string of the molecule is CCOC(=O)C1=C(C)NC(Cl)=C(C=O)C1c1ccc([N+](=O)[O-])cc1. The molecule has 0 aromatic heterocycles. The van der Waals surface area contributed by atoms with Crippen LogP contribution in [0, 0.1) is 10.1 Å². The van der Waals surface area contributed by atoms with Crippen LogP contribution in [0.25, 0.3) is 0 Å². The highest BCUT2D eigenvalue weighted by molar-refractivity contribution is 6.31. The van der Waals surface area contributed by atoms with E-state index >= 15 is 0 Å². The van der Waals surface area contributed by atoms with Gasteiger partial charge in [-0.2, -0.15) is 0 Å². The highest BCUT2D eigenvalue weighted by atomic mass is 35.5. The number of nitrogens with zero attached hydrogens (tertiary/aromatic N) is 1. The minimum atomic E-state index is -0.754. The summed E-state index contributed by atoms with van der Waals surface area (Å²) in [7, 11) is 0. The Morgan fingerprint density at radius 1 is 1.42 bits per heavy atom. The zero-order valence-corrected chi connectivity index (χ0v) is 13.8. The van der Waals surface area contributed by atoms with Gasteiger partial charge in [0.1, 0.15) is 11.4 Å². The van der Waals surface area contributed by atoms with Gasteiger partial charge in [-0.05, 0) is 19.4 Å². The molecule has 0 fully saturated rings. The number of benzene rings is 1. The molecular formula is C16H15ClN2O5. The van der Waals surface area contributed by atoms with Gasteiger partial charge in [-0.25, -0.2) is 4.79 Å². The predicted molar refractivity (Wildman–Crippen MR) is 87.2 cm³/mol. The normalized spacial score (nSPS) is 17.4. The standard InChI is InChI=1S/C16H15ClN2O5/c1-3-24-16(21)13-9(2)18-15(17)12(8-20)14(13)10-4-6-11(7-5-10)19(22)23/h4-8,14,18H,3H2,1-2H3. The lowest BCUT2D eigenvalue weighted by atomic mass is 9.82. The van der Waals surface area contributed by atoms with Crippen molar-refractivity contribution in [3.05, 3.63) is 61.9 Å². The smallest absolute Gasteiger partial charge is 0.336 e. The molecule has 24 heavy (non-hydrogen) atoms. The fourth-order valence-electron chi connectivity index (χ4n) is 2.54. The number of ether oxygens (including phenoxy) is 1. The summed E-state index contributed by atoms with van der Waals surface area (Å²) >= 11 is 6.09. The third kappa shape index (κ3) is 3.30. The maximum absolute atomic E-state index is 12.3. The van der Waals surface area contributed by atoms with E-state index in [0.717, 1.165) is 0 Å². The molecule has 1 heterocycles. The van der Waals surface area contributed by atoms with Gasteiger partial charge in [0.15, 0.2) is 0 Å². The Kier molecular flexibility index (Phi) is 5.35. The monoisotopic (exact) mass is 350 g/mol. The molecule has 1 aliphatic heterocycles. The Balaban J connectivity index is 2.57. The van der Waals surface area contributed by atoms with Gasteiger partial charge in [0.2, 0.25) is 0 Å². The first kappa shape index (κ1) is 17.7. The first-order valence-corrected chi connectivity index (χ1v) is 7.52. The number of rotatable bonds is 5. The number of carbonyl (C=O) groups excluding carboxylic acids is 2. The van der Waals surface area contributed by atoms with Crippen molar-refractivity contribution >= 4 is 29.5 Å². The van der Waals surface area contributed by atoms with Crippen molar-refractivity contribution in [1.82, 2.24) is 5.32 Å². The lowest BCUT2D eigenvalue weighted by Crippen LogP contribution is -2.29. The summed E-state index contributed by atoms with van der Waals surface area (Å²) in [6, 6.07) is 5.61. The third-order valence-corrected chi connectivity index (χ3v) is 3.93. The van der Waals surface area contributed by atoms with E-state index in [1.807, 2.05) is 0 Å². The van der Waals surface area contributed by atoms with Crippen LogP contribution in [0.4, 0.5) is 5.69 Å². The van der Waals surface area contributed by atoms with E-state index in [2.05, 4.69) is 5.32 Å². The van der Waals surface area contributed by atoms with Gasteiger partial charge in [-0.3, -0.25) is 14.9 Å². The van der Waals surface area contributed by atoms with E-state index in [1.165, 1.54) is 24.3 Å². The van der Waals surface area contributed by atoms with E-state index in [9.17, 15) is 19.7 Å². The molecule has 126 valence electrons. The summed E-state index contributed by atoms with van der Waals surface area (Å²) in [6.07, 6.45) is 0.563. The van der Waals surface area contributed by atoms with Crippen molar-refractivity contribution in [2.45, 2.75) is 19.8 Å². The molecule has 0 aliphatic carbocycles. The molecule has 0 saturated heterocycles. The molecule has 0 saturated carbocycles. The minimum absolute atomic E-state index is 0.0891. The summed E-state index contributed by atoms with van der Waals surface area (Å²) in [5.41, 5.74) is 1.32. The zero-order chi connectivity index (χ0) is 17.9. The quantitative estimate of drug-likeness (QED) is 0.288. The first-order chi connectivity index (χ1) is 11.4. The number of nitrogens with one attached hydrogen (secondary N) is 1. The van der Waals surface area contributed by atoms with Crippen molar-refractivity contribution in [1.29, 1.82) is 0 Å². The Morgan fingerprint density at radius 3 is 2.54 bits per heavy atom. The van der Waals surface area contributed by atoms with Crippen molar-refractivity contribution in [2.24, 2.45) is 0 Å². The first-order valence-electron chi connectivity index (χ1n) is 7.14. The molecule has 1 aliphatic rings. The number of carbonyl (C=O) groups is 2. The number of non-ortho nitro benzene ring substituents is 1. The number of nitro benzene ring substituents is 1. The van der Waals surface area contributed by atoms with E-state index < -0.39 is 16.8 Å². The second-order valence-electron chi connectivity index (χ2n) is 5.05. The molecular weight excluding hydrogens is 336 g/mol. The molecule has 1 aromatic carbocycles. The van der Waals surface area contributed by atoms with Crippen molar-refractivity contribution in [3.8, 4) is 0 Å². The van der Waals surface area contributed by atoms with Crippen LogP contribution < -0.4 is 5.32 Å². The van der Waals surface area contributed by atoms with Gasteiger partial charge in [-0.1, -0.05) is 23.7 Å². The molecule has 7 nitrogen and oxygen atoms in total. The van der Waals surface area contributed by atoms with Gasteiger partial charge >= 0.3 is 5.97 Å². The minimum Gasteiger partial charge on any atom is -0.463 e. The number of hydrogen-bond acceptors (Lipinski definition) is 6. The second kappa shape index (κ2) is 7.27. The van der Waals surface area contributed by atoms with E-state index in [-0.39, 0.29) is 28.6 Å². The molecule has 1 atom stereocenters. The van der Waals surface area contributed by atoms with Crippen LogP contribution in [0.2, 0.25) is 0 Å². The van der Waals surface area contributed by atoms with Crippen LogP contribution >= 0.6 is 11.6 Å². The van der Waals surface area contributed by atoms with Crippen LogP contribution in [0.3, 0.4) is 0 Å². The molecule has 0 spiro atoms. The molecule has 1 unspecified atom stereocenters. The Labute approximate surface area is 143 Å². The molecule has 0 radical (unpaired) electrons. The fraction of sp³-hybridized carbons (Fsp3) is 0.250. The Morgan fingerprint density at radius 2 is 2.04 bits per heavy atom. The maximum Gasteiger partial charge on any atom is 0.336 e. The lowest BCUT2D eigenvalue weighted by molar-refractivity contribution is -0.384. The second-order valence-corrected chi connectivity index (χ2v) is 5.43. The van der Waals surface area contributed by atoms with Crippen LogP contribution in [0.5, 0.6) is 0 Å². The van der Waals surface area contributed by atoms with Gasteiger partial charge in [-0.15, -0.1) is 0 Å². The van der Waals surface area contributed by atoms with E-state index in [4.69, 9.17) is 16.3 Å². The molecule has 0 amide bonds. The Hall–Kier alpha value is -2.67. The fourth-order valence-corrected chi connectivity index (χ4v) is 2.83. The highest BCUT2D eigenvalue weighted by Gasteiger charge is 2.34. The average molecular weight is 351 g/mol. The van der Waals surface area contributed by atoms with Crippen molar-refractivity contribution in [3.63, 3.8) is 0 Å². The third-order valence-electron chi connectivity index (χ3n) is 3.61. The average Bonchev–Trinajstić information content (AvgIpc) is 2.54. The predicted octanol–water partition coefficient (Wildman–Crippen LogP) is 2.77. The van der Waals surface area contributed by atoms with Gasteiger partial charge in [0, 0.05) is 29.3 Å². The number of hydrogen-bond donors (Lipinski definition) is 1. The highest BCUT2D eigenvalue weighted by Crippen LogP contribution is 2.39. The van der Waals surface area contributed by atoms with Crippen LogP contribution in [0.1, 0.15) is 25.3 Å². The number of dihydropyridines is 1. The topological polar surface area (TPSA) is 98.5 Å². The zero-order valence-electron chi connectivity index (χ0n) is 13.0. The number of esters is 1. The van der Waals surface area contributed by atoms with Gasteiger partial charge in [0.05, 0.1) is 17.1 Å².